The van der Waals surface area contributed by atoms with Crippen molar-refractivity contribution in [2.45, 2.75) is 19.8 Å². The summed E-state index contributed by atoms with van der Waals surface area (Å²) in [5.41, 5.74) is 2.48. The number of nitrogens with zero attached hydrogens (tertiary/aromatic N) is 3. The zero-order chi connectivity index (χ0) is 14.1. The van der Waals surface area contributed by atoms with E-state index in [0.29, 0.717) is 5.92 Å². The van der Waals surface area contributed by atoms with Gasteiger partial charge in [-0.3, -0.25) is 9.66 Å². The molecular formula is C17H21N3. The first kappa shape index (κ1) is 13.0. The van der Waals surface area contributed by atoms with Crippen LogP contribution in [0.4, 0.5) is 0 Å². The fraction of sp³-hybridized carbons (Fsp3) is 0.353. The third-order valence-corrected chi connectivity index (χ3v) is 3.81. The molecule has 0 fully saturated rings. The molecule has 1 atom stereocenters. The Labute approximate surface area is 119 Å². The average molecular weight is 267 g/mol. The first-order valence-electron chi connectivity index (χ1n) is 7.15. The molecule has 2 aromatic rings. The lowest BCUT2D eigenvalue weighted by atomic mass is 10.00. The zero-order valence-electron chi connectivity index (χ0n) is 12.4. The Balaban J connectivity index is 2.10. The Morgan fingerprint density at radius 2 is 2.20 bits per heavy atom. The highest BCUT2D eigenvalue weighted by molar-refractivity contribution is 5.43. The van der Waals surface area contributed by atoms with Crippen molar-refractivity contribution in [3.63, 3.8) is 0 Å². The highest BCUT2D eigenvalue weighted by Gasteiger charge is 2.12. The summed E-state index contributed by atoms with van der Waals surface area (Å²) in [5.74, 6) is 0.610. The van der Waals surface area contributed by atoms with Crippen LogP contribution in [0, 0.1) is 5.92 Å². The normalized spacial score (nSPS) is 17.1. The number of fused-ring (bicyclic) bond motifs is 1. The first-order valence-corrected chi connectivity index (χ1v) is 7.15. The maximum atomic E-state index is 4.45. The van der Waals surface area contributed by atoms with Crippen molar-refractivity contribution in [2.75, 3.05) is 19.1 Å². The van der Waals surface area contributed by atoms with Gasteiger partial charge in [-0.2, -0.15) is 0 Å². The quantitative estimate of drug-likeness (QED) is 0.835. The predicted molar refractivity (Wildman–Crippen MR) is 83.5 cm³/mol. The highest BCUT2D eigenvalue weighted by atomic mass is 15.5. The van der Waals surface area contributed by atoms with Crippen LogP contribution in [-0.4, -0.2) is 23.8 Å². The van der Waals surface area contributed by atoms with E-state index in [1.54, 1.807) is 0 Å². The summed E-state index contributed by atoms with van der Waals surface area (Å²) < 4.78 is 2.24. The monoisotopic (exact) mass is 267 g/mol. The van der Waals surface area contributed by atoms with E-state index in [1.165, 1.54) is 16.1 Å². The molecule has 0 aliphatic heterocycles. The largest absolute Gasteiger partial charge is 0.319 e. The van der Waals surface area contributed by atoms with Crippen LogP contribution < -0.4 is 15.6 Å². The van der Waals surface area contributed by atoms with Crippen LogP contribution in [0.5, 0.6) is 0 Å². The topological polar surface area (TPSA) is 21.1 Å². The lowest BCUT2D eigenvalue weighted by molar-refractivity contribution is 0.698. The molecule has 0 saturated heterocycles. The van der Waals surface area contributed by atoms with E-state index in [1.807, 2.05) is 12.3 Å². The van der Waals surface area contributed by atoms with Crippen molar-refractivity contribution < 1.29 is 0 Å². The van der Waals surface area contributed by atoms with Gasteiger partial charge >= 0.3 is 0 Å². The van der Waals surface area contributed by atoms with Crippen LogP contribution in [0.25, 0.3) is 12.2 Å². The molecular weight excluding hydrogens is 246 g/mol. The molecule has 0 aromatic carbocycles. The fourth-order valence-corrected chi connectivity index (χ4v) is 2.79. The Morgan fingerprint density at radius 3 is 2.90 bits per heavy atom. The van der Waals surface area contributed by atoms with Gasteiger partial charge in [0.1, 0.15) is 0 Å². The van der Waals surface area contributed by atoms with Crippen molar-refractivity contribution in [1.82, 2.24) is 9.66 Å². The number of hydrogen-bond acceptors (Lipinski definition) is 2. The van der Waals surface area contributed by atoms with Crippen LogP contribution in [0.15, 0.2) is 30.6 Å². The van der Waals surface area contributed by atoms with E-state index in [0.717, 1.165) is 18.5 Å². The highest BCUT2D eigenvalue weighted by Crippen LogP contribution is 2.09. The Morgan fingerprint density at radius 1 is 1.35 bits per heavy atom. The molecule has 1 unspecified atom stereocenters. The SMILES string of the molecule is CC1C=c2c(c(Cc3ccccn3)cn2N(C)C)=CC1. The van der Waals surface area contributed by atoms with Gasteiger partial charge in [-0.05, 0) is 30.0 Å². The van der Waals surface area contributed by atoms with Gasteiger partial charge in [0.05, 0.1) is 5.35 Å². The van der Waals surface area contributed by atoms with Gasteiger partial charge in [-0.1, -0.05) is 25.1 Å². The third kappa shape index (κ3) is 2.36. The Hall–Kier alpha value is -2.03. The summed E-state index contributed by atoms with van der Waals surface area (Å²) in [7, 11) is 4.16. The van der Waals surface area contributed by atoms with E-state index in [4.69, 9.17) is 0 Å². The lowest BCUT2D eigenvalue weighted by Gasteiger charge is -2.16. The molecule has 3 heteroatoms. The summed E-state index contributed by atoms with van der Waals surface area (Å²) >= 11 is 0. The molecule has 2 aromatic heterocycles. The molecule has 0 bridgehead atoms. The maximum Gasteiger partial charge on any atom is 0.0657 e. The number of hydrogen-bond donors (Lipinski definition) is 0. The molecule has 1 aliphatic rings. The van der Waals surface area contributed by atoms with Crippen molar-refractivity contribution in [1.29, 1.82) is 0 Å². The average Bonchev–Trinajstić information content (AvgIpc) is 2.78. The summed E-state index contributed by atoms with van der Waals surface area (Å²) in [4.78, 5) is 4.45. The van der Waals surface area contributed by atoms with Crippen LogP contribution in [0.2, 0.25) is 0 Å². The Kier molecular flexibility index (Phi) is 3.35. The van der Waals surface area contributed by atoms with Gasteiger partial charge in [-0.25, -0.2) is 0 Å². The van der Waals surface area contributed by atoms with E-state index in [-0.39, 0.29) is 0 Å². The van der Waals surface area contributed by atoms with E-state index < -0.39 is 0 Å². The van der Waals surface area contributed by atoms with Crippen LogP contribution in [0.1, 0.15) is 24.6 Å². The molecule has 0 amide bonds. The van der Waals surface area contributed by atoms with Crippen LogP contribution in [0.3, 0.4) is 0 Å². The Bertz CT molecular complexity index is 711. The predicted octanol–water partition coefficient (Wildman–Crippen LogP) is 1.27. The fourth-order valence-electron chi connectivity index (χ4n) is 2.79. The van der Waals surface area contributed by atoms with E-state index in [2.05, 4.69) is 66.2 Å². The van der Waals surface area contributed by atoms with Gasteiger partial charge < -0.3 is 5.01 Å². The van der Waals surface area contributed by atoms with Gasteiger partial charge in [0.25, 0.3) is 0 Å². The second-order valence-corrected chi connectivity index (χ2v) is 5.73. The molecule has 0 saturated carbocycles. The standard InChI is InChI=1S/C17H21N3/c1-13-7-8-16-14(11-15-6-4-5-9-18-15)12-20(19(2)3)17(16)10-13/h4-6,8-10,12-13H,7,11H2,1-3H3. The van der Waals surface area contributed by atoms with E-state index in [9.17, 15) is 0 Å². The minimum Gasteiger partial charge on any atom is -0.319 e. The zero-order valence-corrected chi connectivity index (χ0v) is 12.4. The molecule has 0 N–H and O–H groups in total. The molecule has 0 radical (unpaired) electrons. The smallest absolute Gasteiger partial charge is 0.0657 e. The van der Waals surface area contributed by atoms with Crippen molar-refractivity contribution in [3.8, 4) is 0 Å². The summed E-state index contributed by atoms with van der Waals surface area (Å²) in [6, 6.07) is 6.11. The second-order valence-electron chi connectivity index (χ2n) is 5.73. The molecule has 2 heterocycles. The number of pyridine rings is 1. The second kappa shape index (κ2) is 5.16. The molecule has 3 rings (SSSR count). The van der Waals surface area contributed by atoms with Crippen molar-refractivity contribution >= 4 is 12.2 Å². The first-order chi connectivity index (χ1) is 9.65. The molecule has 104 valence electrons. The molecule has 0 spiro atoms. The van der Waals surface area contributed by atoms with E-state index >= 15 is 0 Å². The van der Waals surface area contributed by atoms with Gasteiger partial charge in [0.2, 0.25) is 0 Å². The van der Waals surface area contributed by atoms with Gasteiger partial charge in [-0.15, -0.1) is 0 Å². The van der Waals surface area contributed by atoms with Crippen LogP contribution >= 0.6 is 0 Å². The third-order valence-electron chi connectivity index (χ3n) is 3.81. The minimum atomic E-state index is 0.610. The molecule has 1 aliphatic carbocycles. The number of aromatic nitrogens is 2. The van der Waals surface area contributed by atoms with Gasteiger partial charge in [0, 0.05) is 43.8 Å². The van der Waals surface area contributed by atoms with Crippen LogP contribution in [-0.2, 0) is 6.42 Å². The van der Waals surface area contributed by atoms with Crippen molar-refractivity contribution in [3.05, 3.63) is 52.4 Å². The minimum absolute atomic E-state index is 0.610. The summed E-state index contributed by atoms with van der Waals surface area (Å²) in [6.45, 7) is 2.27. The van der Waals surface area contributed by atoms with Gasteiger partial charge in [0.15, 0.2) is 0 Å². The summed E-state index contributed by atoms with van der Waals surface area (Å²) in [5, 5.41) is 4.82. The summed E-state index contributed by atoms with van der Waals surface area (Å²) in [6.07, 6.45) is 10.9. The lowest BCUT2D eigenvalue weighted by Crippen LogP contribution is -2.41. The number of rotatable bonds is 3. The van der Waals surface area contributed by atoms with Crippen molar-refractivity contribution in [2.24, 2.45) is 5.92 Å². The maximum absolute atomic E-state index is 4.45. The molecule has 20 heavy (non-hydrogen) atoms. The molecule has 3 nitrogen and oxygen atoms in total.